The molecule has 1 aliphatic heterocycles. The summed E-state index contributed by atoms with van der Waals surface area (Å²) in [5, 5.41) is 0.813. The SMILES string of the molecule is Cc1sc(-c2ccccc2)nc1C1C(=O)OC(C)(C)C1=O. The molecule has 0 amide bonds. The number of hydrogen-bond donors (Lipinski definition) is 0. The number of nitrogens with zero attached hydrogens (tertiary/aromatic N) is 1. The van der Waals surface area contributed by atoms with Crippen LogP contribution >= 0.6 is 11.3 Å². The van der Waals surface area contributed by atoms with Crippen molar-refractivity contribution < 1.29 is 14.3 Å². The van der Waals surface area contributed by atoms with Crippen LogP contribution in [-0.4, -0.2) is 22.3 Å². The number of ether oxygens (including phenoxy) is 1. The van der Waals surface area contributed by atoms with E-state index in [1.54, 1.807) is 13.8 Å². The van der Waals surface area contributed by atoms with Crippen molar-refractivity contribution in [3.8, 4) is 10.6 Å². The smallest absolute Gasteiger partial charge is 0.323 e. The molecule has 1 aromatic carbocycles. The van der Waals surface area contributed by atoms with Gasteiger partial charge in [0.05, 0.1) is 5.69 Å². The van der Waals surface area contributed by atoms with Gasteiger partial charge in [-0.15, -0.1) is 11.3 Å². The predicted octanol–water partition coefficient (Wildman–Crippen LogP) is 3.11. The molecule has 0 aliphatic carbocycles. The lowest BCUT2D eigenvalue weighted by Crippen LogP contribution is -2.29. The highest BCUT2D eigenvalue weighted by Crippen LogP contribution is 2.38. The third-order valence-corrected chi connectivity index (χ3v) is 4.61. The Kier molecular flexibility index (Phi) is 3.17. The lowest BCUT2D eigenvalue weighted by Gasteiger charge is -2.12. The van der Waals surface area contributed by atoms with E-state index in [1.807, 2.05) is 37.3 Å². The zero-order valence-electron chi connectivity index (χ0n) is 12.0. The van der Waals surface area contributed by atoms with Crippen LogP contribution in [0.15, 0.2) is 30.3 Å². The van der Waals surface area contributed by atoms with E-state index < -0.39 is 17.5 Å². The first-order valence-electron chi connectivity index (χ1n) is 6.70. The van der Waals surface area contributed by atoms with Crippen molar-refractivity contribution in [2.45, 2.75) is 32.3 Å². The number of rotatable bonds is 2. The minimum Gasteiger partial charge on any atom is -0.451 e. The Bertz CT molecular complexity index is 718. The molecule has 2 aromatic rings. The first-order valence-corrected chi connectivity index (χ1v) is 7.52. The fourth-order valence-corrected chi connectivity index (χ4v) is 3.39. The molecule has 108 valence electrons. The highest BCUT2D eigenvalue weighted by atomic mass is 32.1. The summed E-state index contributed by atoms with van der Waals surface area (Å²) in [5.41, 5.74) is 0.444. The standard InChI is InChI=1S/C16H15NO3S/c1-9-12(11-13(18)16(2,3)20-15(11)19)17-14(21-9)10-7-5-4-6-8-10/h4-8,11H,1-3H3. The summed E-state index contributed by atoms with van der Waals surface area (Å²) in [6, 6.07) is 9.72. The number of esters is 1. The van der Waals surface area contributed by atoms with Crippen LogP contribution in [0.4, 0.5) is 0 Å². The van der Waals surface area contributed by atoms with E-state index in [0.717, 1.165) is 15.4 Å². The maximum Gasteiger partial charge on any atom is 0.323 e. The molecular weight excluding hydrogens is 286 g/mol. The van der Waals surface area contributed by atoms with Crippen LogP contribution in [0.25, 0.3) is 10.6 Å². The fourth-order valence-electron chi connectivity index (χ4n) is 2.43. The number of aromatic nitrogens is 1. The van der Waals surface area contributed by atoms with E-state index in [0.29, 0.717) is 5.69 Å². The van der Waals surface area contributed by atoms with E-state index in [4.69, 9.17) is 4.74 Å². The van der Waals surface area contributed by atoms with Crippen molar-refractivity contribution in [3.63, 3.8) is 0 Å². The van der Waals surface area contributed by atoms with E-state index in [9.17, 15) is 9.59 Å². The average molecular weight is 301 g/mol. The number of cyclic esters (lactones) is 1. The quantitative estimate of drug-likeness (QED) is 0.632. The minimum atomic E-state index is -1.06. The number of aryl methyl sites for hydroxylation is 1. The molecule has 1 aromatic heterocycles. The van der Waals surface area contributed by atoms with Crippen molar-refractivity contribution in [1.82, 2.24) is 4.98 Å². The maximum atomic E-state index is 12.4. The second-order valence-corrected chi connectivity index (χ2v) is 6.76. The van der Waals surface area contributed by atoms with Gasteiger partial charge in [-0.1, -0.05) is 30.3 Å². The van der Waals surface area contributed by atoms with Gasteiger partial charge in [0.2, 0.25) is 0 Å². The summed E-state index contributed by atoms with van der Waals surface area (Å²) in [6.07, 6.45) is 0. The normalized spacial score (nSPS) is 20.6. The van der Waals surface area contributed by atoms with Crippen LogP contribution in [0.1, 0.15) is 30.3 Å². The van der Waals surface area contributed by atoms with Gasteiger partial charge < -0.3 is 4.74 Å². The molecule has 4 nitrogen and oxygen atoms in total. The molecule has 1 saturated heterocycles. The average Bonchev–Trinajstić information content (AvgIpc) is 2.90. The van der Waals surface area contributed by atoms with Gasteiger partial charge in [0.25, 0.3) is 0 Å². The Morgan fingerprint density at radius 2 is 1.86 bits per heavy atom. The number of Topliss-reactive ketones (excluding diaryl/α,β-unsaturated/α-hetero) is 1. The largest absolute Gasteiger partial charge is 0.451 e. The first kappa shape index (κ1) is 13.9. The third-order valence-electron chi connectivity index (χ3n) is 3.57. The van der Waals surface area contributed by atoms with Crippen molar-refractivity contribution in [2.75, 3.05) is 0 Å². The molecule has 0 saturated carbocycles. The molecule has 3 rings (SSSR count). The summed E-state index contributed by atoms with van der Waals surface area (Å²) in [4.78, 5) is 29.8. The molecule has 0 radical (unpaired) electrons. The van der Waals surface area contributed by atoms with Gasteiger partial charge in [-0.25, -0.2) is 4.98 Å². The van der Waals surface area contributed by atoms with Gasteiger partial charge in [0.15, 0.2) is 17.3 Å². The van der Waals surface area contributed by atoms with Gasteiger partial charge in [0.1, 0.15) is 5.01 Å². The Morgan fingerprint density at radius 3 is 2.43 bits per heavy atom. The fraction of sp³-hybridized carbons (Fsp3) is 0.312. The zero-order valence-corrected chi connectivity index (χ0v) is 12.9. The van der Waals surface area contributed by atoms with Crippen LogP contribution in [0.5, 0.6) is 0 Å². The van der Waals surface area contributed by atoms with Crippen LogP contribution in [-0.2, 0) is 14.3 Å². The van der Waals surface area contributed by atoms with Gasteiger partial charge in [0, 0.05) is 10.4 Å². The summed E-state index contributed by atoms with van der Waals surface area (Å²) >= 11 is 1.49. The molecule has 1 unspecified atom stereocenters. The van der Waals surface area contributed by atoms with Crippen LogP contribution in [0.3, 0.4) is 0 Å². The molecule has 0 spiro atoms. The van der Waals surface area contributed by atoms with Gasteiger partial charge in [-0.05, 0) is 20.8 Å². The Morgan fingerprint density at radius 1 is 1.19 bits per heavy atom. The number of benzene rings is 1. The van der Waals surface area contributed by atoms with Crippen molar-refractivity contribution in [1.29, 1.82) is 0 Å². The molecule has 21 heavy (non-hydrogen) atoms. The Balaban J connectivity index is 2.03. The Hall–Kier alpha value is -2.01. The summed E-state index contributed by atoms with van der Waals surface area (Å²) in [5.74, 6) is -1.62. The molecule has 0 bridgehead atoms. The number of carbonyl (C=O) groups is 2. The monoisotopic (exact) mass is 301 g/mol. The second kappa shape index (κ2) is 4.77. The van der Waals surface area contributed by atoms with E-state index in [-0.39, 0.29) is 5.78 Å². The van der Waals surface area contributed by atoms with Gasteiger partial charge in [-0.3, -0.25) is 9.59 Å². The number of thiazole rings is 1. The first-order chi connectivity index (χ1) is 9.90. The lowest BCUT2D eigenvalue weighted by atomic mass is 9.92. The summed E-state index contributed by atoms with van der Waals surface area (Å²) in [6.45, 7) is 5.12. The summed E-state index contributed by atoms with van der Waals surface area (Å²) in [7, 11) is 0. The molecule has 1 fully saturated rings. The number of carbonyl (C=O) groups excluding carboxylic acids is 2. The topological polar surface area (TPSA) is 56.3 Å². The maximum absolute atomic E-state index is 12.4. The van der Waals surface area contributed by atoms with E-state index >= 15 is 0 Å². The zero-order chi connectivity index (χ0) is 15.2. The third kappa shape index (κ3) is 2.27. The second-order valence-electron chi connectivity index (χ2n) is 5.56. The molecule has 1 atom stereocenters. The van der Waals surface area contributed by atoms with Crippen molar-refractivity contribution in [3.05, 3.63) is 40.9 Å². The highest BCUT2D eigenvalue weighted by molar-refractivity contribution is 7.15. The van der Waals surface area contributed by atoms with Crippen LogP contribution in [0.2, 0.25) is 0 Å². The molecular formula is C16H15NO3S. The molecule has 2 heterocycles. The van der Waals surface area contributed by atoms with E-state index in [2.05, 4.69) is 4.98 Å². The van der Waals surface area contributed by atoms with Crippen molar-refractivity contribution in [2.24, 2.45) is 0 Å². The lowest BCUT2D eigenvalue weighted by molar-refractivity contribution is -0.148. The Labute approximate surface area is 126 Å². The summed E-state index contributed by atoms with van der Waals surface area (Å²) < 4.78 is 5.17. The highest BCUT2D eigenvalue weighted by Gasteiger charge is 2.51. The molecule has 1 aliphatic rings. The van der Waals surface area contributed by atoms with Crippen molar-refractivity contribution >= 4 is 23.1 Å². The van der Waals surface area contributed by atoms with Crippen LogP contribution in [0, 0.1) is 6.92 Å². The predicted molar refractivity (Wildman–Crippen MR) is 80.2 cm³/mol. The van der Waals surface area contributed by atoms with Gasteiger partial charge in [-0.2, -0.15) is 0 Å². The molecule has 5 heteroatoms. The minimum absolute atomic E-state index is 0.222. The molecule has 0 N–H and O–H groups in total. The van der Waals surface area contributed by atoms with Gasteiger partial charge >= 0.3 is 5.97 Å². The number of ketones is 1. The van der Waals surface area contributed by atoms with E-state index in [1.165, 1.54) is 11.3 Å². The number of hydrogen-bond acceptors (Lipinski definition) is 5. The van der Waals surface area contributed by atoms with Crippen LogP contribution < -0.4 is 0 Å².